The Hall–Kier alpha value is -3.13. The second-order valence-corrected chi connectivity index (χ2v) is 5.83. The van der Waals surface area contributed by atoms with E-state index in [9.17, 15) is 0 Å². The maximum Gasteiger partial charge on any atom is 0.0561 e. The van der Waals surface area contributed by atoms with Gasteiger partial charge >= 0.3 is 0 Å². The van der Waals surface area contributed by atoms with Crippen molar-refractivity contribution in [2.45, 2.75) is 5.92 Å². The Morgan fingerprint density at radius 3 is 2.33 bits per heavy atom. The molecule has 0 saturated heterocycles. The number of allylic oxidation sites excluding steroid dienone is 1. The van der Waals surface area contributed by atoms with E-state index in [1.54, 1.807) is 0 Å². The Morgan fingerprint density at radius 2 is 1.46 bits per heavy atom. The summed E-state index contributed by atoms with van der Waals surface area (Å²) in [5.41, 5.74) is 9.13. The summed E-state index contributed by atoms with van der Waals surface area (Å²) in [5, 5.41) is 4.40. The third kappa shape index (κ3) is 2.86. The highest BCUT2D eigenvalue weighted by molar-refractivity contribution is 5.84. The quantitative estimate of drug-likeness (QED) is 0.514. The van der Waals surface area contributed by atoms with Crippen LogP contribution in [-0.4, -0.2) is 6.21 Å². The lowest BCUT2D eigenvalue weighted by molar-refractivity contribution is 1.05. The van der Waals surface area contributed by atoms with Gasteiger partial charge in [-0.2, -0.15) is 5.10 Å². The molecule has 0 aliphatic heterocycles. The van der Waals surface area contributed by atoms with Gasteiger partial charge in [0.1, 0.15) is 0 Å². The molecule has 0 spiro atoms. The first-order chi connectivity index (χ1) is 11.9. The molecule has 1 unspecified atom stereocenters. The zero-order chi connectivity index (χ0) is 16.2. The van der Waals surface area contributed by atoms with Crippen LogP contribution in [0.25, 0.3) is 6.08 Å². The van der Waals surface area contributed by atoms with Crippen LogP contribution in [0.4, 0.5) is 5.69 Å². The fourth-order valence-electron chi connectivity index (χ4n) is 3.12. The number of rotatable bonds is 4. The average Bonchev–Trinajstić information content (AvgIpc) is 3.07. The van der Waals surface area contributed by atoms with E-state index in [-0.39, 0.29) is 0 Å². The lowest BCUT2D eigenvalue weighted by atomic mass is 9.90. The van der Waals surface area contributed by atoms with Crippen molar-refractivity contribution >= 4 is 18.0 Å². The van der Waals surface area contributed by atoms with E-state index in [2.05, 4.69) is 71.2 Å². The van der Waals surface area contributed by atoms with Gasteiger partial charge in [0.2, 0.25) is 0 Å². The van der Waals surface area contributed by atoms with Crippen molar-refractivity contribution in [3.8, 4) is 0 Å². The highest BCUT2D eigenvalue weighted by Crippen LogP contribution is 2.36. The Morgan fingerprint density at radius 1 is 0.750 bits per heavy atom. The van der Waals surface area contributed by atoms with Gasteiger partial charge in [0.05, 0.1) is 11.9 Å². The van der Waals surface area contributed by atoms with Gasteiger partial charge in [-0.05, 0) is 34.4 Å². The predicted octanol–water partition coefficient (Wildman–Crippen LogP) is 5.29. The highest BCUT2D eigenvalue weighted by atomic mass is 15.3. The molecule has 24 heavy (non-hydrogen) atoms. The first kappa shape index (κ1) is 14.5. The molecule has 0 heterocycles. The van der Waals surface area contributed by atoms with Crippen molar-refractivity contribution in [2.24, 2.45) is 5.10 Å². The third-order valence-corrected chi connectivity index (χ3v) is 4.30. The molecule has 0 radical (unpaired) electrons. The lowest BCUT2D eigenvalue weighted by Gasteiger charge is -2.14. The largest absolute Gasteiger partial charge is 0.279 e. The topological polar surface area (TPSA) is 24.4 Å². The molecule has 1 aliphatic rings. The third-order valence-electron chi connectivity index (χ3n) is 4.30. The molecule has 4 rings (SSSR count). The Kier molecular flexibility index (Phi) is 3.95. The fourth-order valence-corrected chi connectivity index (χ4v) is 3.12. The molecule has 0 fully saturated rings. The molecule has 1 aliphatic carbocycles. The van der Waals surface area contributed by atoms with E-state index >= 15 is 0 Å². The summed E-state index contributed by atoms with van der Waals surface area (Å²) >= 11 is 0. The molecule has 3 aromatic rings. The number of benzene rings is 3. The van der Waals surface area contributed by atoms with Crippen LogP contribution >= 0.6 is 0 Å². The van der Waals surface area contributed by atoms with Crippen molar-refractivity contribution in [1.29, 1.82) is 0 Å². The number of fused-ring (bicyclic) bond motifs is 1. The van der Waals surface area contributed by atoms with Crippen molar-refractivity contribution < 1.29 is 0 Å². The summed E-state index contributed by atoms with van der Waals surface area (Å²) in [4.78, 5) is 0. The molecule has 0 saturated carbocycles. The van der Waals surface area contributed by atoms with E-state index in [0.717, 1.165) is 11.3 Å². The predicted molar refractivity (Wildman–Crippen MR) is 101 cm³/mol. The fraction of sp³-hybridized carbons (Fsp3) is 0.0455. The summed E-state index contributed by atoms with van der Waals surface area (Å²) in [6.45, 7) is 0. The van der Waals surface area contributed by atoms with Crippen LogP contribution in [0.3, 0.4) is 0 Å². The van der Waals surface area contributed by atoms with Crippen molar-refractivity contribution in [2.75, 3.05) is 5.43 Å². The molecule has 0 aromatic heterocycles. The van der Waals surface area contributed by atoms with E-state index in [4.69, 9.17) is 0 Å². The number of nitrogens with zero attached hydrogens (tertiary/aromatic N) is 1. The number of para-hydroxylation sites is 1. The second-order valence-electron chi connectivity index (χ2n) is 5.83. The second kappa shape index (κ2) is 6.55. The number of hydrogen-bond donors (Lipinski definition) is 1. The van der Waals surface area contributed by atoms with Gasteiger partial charge in [0, 0.05) is 5.92 Å². The molecule has 116 valence electrons. The normalized spacial score (nSPS) is 15.6. The molecule has 3 aromatic carbocycles. The summed E-state index contributed by atoms with van der Waals surface area (Å²) < 4.78 is 0. The molecule has 2 nitrogen and oxygen atoms in total. The molecule has 0 bridgehead atoms. The van der Waals surface area contributed by atoms with Crippen molar-refractivity contribution in [3.05, 3.63) is 107 Å². The minimum absolute atomic E-state index is 0.292. The van der Waals surface area contributed by atoms with Gasteiger partial charge in [-0.3, -0.25) is 5.43 Å². The Labute approximate surface area is 142 Å². The average molecular weight is 310 g/mol. The van der Waals surface area contributed by atoms with Crippen LogP contribution < -0.4 is 5.43 Å². The van der Waals surface area contributed by atoms with Gasteiger partial charge in [-0.15, -0.1) is 0 Å². The van der Waals surface area contributed by atoms with Gasteiger partial charge in [-0.1, -0.05) is 78.9 Å². The number of anilines is 1. The van der Waals surface area contributed by atoms with Crippen LogP contribution in [0.2, 0.25) is 0 Å². The Balaban J connectivity index is 1.61. The first-order valence-electron chi connectivity index (χ1n) is 8.12. The van der Waals surface area contributed by atoms with Gasteiger partial charge in [0.15, 0.2) is 0 Å². The summed E-state index contributed by atoms with van der Waals surface area (Å²) in [6.07, 6.45) is 6.37. The van der Waals surface area contributed by atoms with Gasteiger partial charge in [0.25, 0.3) is 0 Å². The summed E-state index contributed by atoms with van der Waals surface area (Å²) in [6, 6.07) is 27.0. The van der Waals surface area contributed by atoms with Crippen molar-refractivity contribution in [3.63, 3.8) is 0 Å². The van der Waals surface area contributed by atoms with Crippen molar-refractivity contribution in [1.82, 2.24) is 0 Å². The number of hydrazone groups is 1. The smallest absolute Gasteiger partial charge is 0.0561 e. The minimum Gasteiger partial charge on any atom is -0.279 e. The van der Waals surface area contributed by atoms with Gasteiger partial charge in [-0.25, -0.2) is 0 Å². The van der Waals surface area contributed by atoms with Crippen LogP contribution in [0, 0.1) is 0 Å². The van der Waals surface area contributed by atoms with Crippen LogP contribution in [0.5, 0.6) is 0 Å². The van der Waals surface area contributed by atoms with E-state index in [1.807, 2.05) is 36.5 Å². The first-order valence-corrected chi connectivity index (χ1v) is 8.12. The zero-order valence-electron chi connectivity index (χ0n) is 13.3. The van der Waals surface area contributed by atoms with Crippen LogP contribution in [0.1, 0.15) is 28.2 Å². The zero-order valence-corrected chi connectivity index (χ0v) is 13.3. The minimum atomic E-state index is 0.292. The van der Waals surface area contributed by atoms with E-state index in [0.29, 0.717) is 5.92 Å². The lowest BCUT2D eigenvalue weighted by Crippen LogP contribution is -2.01. The van der Waals surface area contributed by atoms with E-state index in [1.165, 1.54) is 16.7 Å². The standard InChI is InChI=1S/C22H18N2/c1-2-10-19(11-3-1)24-23-16-18-9-5-7-13-21(18)22-15-14-17-8-4-6-12-20(17)22/h1-16,22,24H/b23-16+. The molecular formula is C22H18N2. The molecule has 0 amide bonds. The highest BCUT2D eigenvalue weighted by Gasteiger charge is 2.20. The maximum absolute atomic E-state index is 4.40. The maximum atomic E-state index is 4.40. The molecular weight excluding hydrogens is 292 g/mol. The SMILES string of the molecule is C1=CC(c2ccccc2/C=N/Nc2ccccc2)c2ccccc21. The van der Waals surface area contributed by atoms with Crippen LogP contribution in [-0.2, 0) is 0 Å². The monoisotopic (exact) mass is 310 g/mol. The molecule has 1 N–H and O–H groups in total. The molecule has 1 atom stereocenters. The Bertz CT molecular complexity index is 895. The number of nitrogens with one attached hydrogen (secondary N) is 1. The summed E-state index contributed by atoms with van der Waals surface area (Å²) in [5.74, 6) is 0.292. The van der Waals surface area contributed by atoms with Crippen LogP contribution in [0.15, 0.2) is 90.0 Å². The molecule has 2 heteroatoms. The number of hydrogen-bond acceptors (Lipinski definition) is 2. The summed E-state index contributed by atoms with van der Waals surface area (Å²) in [7, 11) is 0. The van der Waals surface area contributed by atoms with E-state index < -0.39 is 0 Å². The van der Waals surface area contributed by atoms with Gasteiger partial charge < -0.3 is 0 Å².